The minimum absolute atomic E-state index is 0.0596. The summed E-state index contributed by atoms with van der Waals surface area (Å²) in [5, 5.41) is 14.7. The molecule has 6 heterocycles. The molecule has 0 bridgehead atoms. The smallest absolute Gasteiger partial charge is 0.410 e. The van der Waals surface area contributed by atoms with Crippen molar-refractivity contribution in [1.29, 1.82) is 0 Å². The number of likely N-dealkylation sites (tertiary alicyclic amines) is 1. The number of aromatic nitrogens is 5. The number of nitrogens with one attached hydrogen (secondary N) is 2. The number of anilines is 2. The Morgan fingerprint density at radius 2 is 1.93 bits per heavy atom. The largest absolute Gasteiger partial charge is 0.444 e. The van der Waals surface area contributed by atoms with Crippen molar-refractivity contribution >= 4 is 45.4 Å². The normalized spacial score (nSPS) is 15.1. The van der Waals surface area contributed by atoms with Crippen LogP contribution in [-0.2, 0) is 22.5 Å². The SMILES string of the molecule is Cc1ncc(NC(=O)CC2CN(C(=O)OC(C)(C)C)C2)cc1NC(=O)c1cnn2cc(-c3cnn4c3CCC4)sc12. The Hall–Kier alpha value is -4.26. The molecule has 13 heteroatoms. The predicted molar refractivity (Wildman–Crippen MR) is 154 cm³/mol. The van der Waals surface area contributed by atoms with Gasteiger partial charge in [-0.15, -0.1) is 11.3 Å². The second-order valence-corrected chi connectivity index (χ2v) is 12.6. The summed E-state index contributed by atoms with van der Waals surface area (Å²) in [4.78, 5) is 45.8. The highest BCUT2D eigenvalue weighted by Gasteiger charge is 2.34. The van der Waals surface area contributed by atoms with Crippen LogP contribution in [0, 0.1) is 12.8 Å². The molecule has 4 aromatic rings. The van der Waals surface area contributed by atoms with Gasteiger partial charge in [-0.25, -0.2) is 9.31 Å². The van der Waals surface area contributed by atoms with Gasteiger partial charge in [0.2, 0.25) is 5.91 Å². The van der Waals surface area contributed by atoms with Crippen LogP contribution >= 0.6 is 11.3 Å². The van der Waals surface area contributed by atoms with E-state index in [-0.39, 0.29) is 30.2 Å². The summed E-state index contributed by atoms with van der Waals surface area (Å²) in [7, 11) is 0. The van der Waals surface area contributed by atoms with Crippen molar-refractivity contribution in [2.24, 2.45) is 5.92 Å². The number of nitrogens with zero attached hydrogens (tertiary/aromatic N) is 6. The van der Waals surface area contributed by atoms with Crippen LogP contribution in [-0.4, -0.2) is 65.9 Å². The number of pyridine rings is 1. The van der Waals surface area contributed by atoms with Gasteiger partial charge in [0.25, 0.3) is 5.91 Å². The molecule has 12 nitrogen and oxygen atoms in total. The van der Waals surface area contributed by atoms with Crippen LogP contribution in [0.1, 0.15) is 55.4 Å². The van der Waals surface area contributed by atoms with Crippen molar-refractivity contribution < 1.29 is 19.1 Å². The third kappa shape index (κ3) is 5.53. The van der Waals surface area contributed by atoms with Crippen LogP contribution in [0.4, 0.5) is 16.2 Å². The Bertz CT molecular complexity index is 1660. The minimum Gasteiger partial charge on any atom is -0.444 e. The fraction of sp³-hybridized carbons (Fsp3) is 0.429. The lowest BCUT2D eigenvalue weighted by atomic mass is 9.96. The summed E-state index contributed by atoms with van der Waals surface area (Å²) < 4.78 is 9.13. The summed E-state index contributed by atoms with van der Waals surface area (Å²) in [6, 6.07) is 1.70. The molecule has 41 heavy (non-hydrogen) atoms. The lowest BCUT2D eigenvalue weighted by Gasteiger charge is -2.39. The molecular formula is C28H32N8O4S. The Labute approximate surface area is 240 Å². The van der Waals surface area contributed by atoms with Gasteiger partial charge >= 0.3 is 6.09 Å². The number of amides is 3. The molecule has 4 aromatic heterocycles. The van der Waals surface area contributed by atoms with E-state index < -0.39 is 5.60 Å². The quantitative estimate of drug-likeness (QED) is 0.348. The molecule has 0 unspecified atom stereocenters. The van der Waals surface area contributed by atoms with E-state index in [0.29, 0.717) is 35.7 Å². The monoisotopic (exact) mass is 576 g/mol. The Morgan fingerprint density at radius 1 is 1.12 bits per heavy atom. The minimum atomic E-state index is -0.553. The Morgan fingerprint density at radius 3 is 2.71 bits per heavy atom. The van der Waals surface area contributed by atoms with E-state index in [4.69, 9.17) is 4.74 Å². The first-order valence-corrected chi connectivity index (χ1v) is 14.4. The summed E-state index contributed by atoms with van der Waals surface area (Å²) in [6.45, 7) is 9.15. The highest BCUT2D eigenvalue weighted by Crippen LogP contribution is 2.35. The van der Waals surface area contributed by atoms with E-state index in [9.17, 15) is 14.4 Å². The van der Waals surface area contributed by atoms with Gasteiger partial charge in [0, 0.05) is 49.4 Å². The van der Waals surface area contributed by atoms with Gasteiger partial charge in [-0.05, 0) is 46.6 Å². The van der Waals surface area contributed by atoms with Crippen molar-refractivity contribution in [3.05, 3.63) is 47.8 Å². The maximum Gasteiger partial charge on any atom is 0.410 e. The zero-order valence-electron chi connectivity index (χ0n) is 23.4. The molecule has 1 saturated heterocycles. The molecule has 0 saturated carbocycles. The van der Waals surface area contributed by atoms with Gasteiger partial charge in [-0.2, -0.15) is 10.2 Å². The van der Waals surface area contributed by atoms with Crippen molar-refractivity contribution in [3.8, 4) is 10.4 Å². The van der Waals surface area contributed by atoms with Gasteiger partial charge in [-0.3, -0.25) is 19.3 Å². The van der Waals surface area contributed by atoms with Crippen LogP contribution in [0.25, 0.3) is 15.3 Å². The molecule has 2 aliphatic rings. The number of carbonyl (C=O) groups is 3. The average Bonchev–Trinajstić information content (AvgIpc) is 3.63. The highest BCUT2D eigenvalue weighted by molar-refractivity contribution is 7.21. The number of rotatable bonds is 6. The van der Waals surface area contributed by atoms with Gasteiger partial charge in [-0.1, -0.05) is 0 Å². The lowest BCUT2D eigenvalue weighted by Crippen LogP contribution is -2.52. The van der Waals surface area contributed by atoms with Crippen LogP contribution in [0.15, 0.2) is 30.9 Å². The molecule has 0 aromatic carbocycles. The van der Waals surface area contributed by atoms with Crippen LogP contribution in [0.5, 0.6) is 0 Å². The summed E-state index contributed by atoms with van der Waals surface area (Å²) >= 11 is 1.51. The van der Waals surface area contributed by atoms with Gasteiger partial charge in [0.15, 0.2) is 0 Å². The first-order chi connectivity index (χ1) is 19.5. The highest BCUT2D eigenvalue weighted by atomic mass is 32.1. The van der Waals surface area contributed by atoms with E-state index in [1.54, 1.807) is 34.8 Å². The maximum absolute atomic E-state index is 13.3. The molecule has 6 rings (SSSR count). The van der Waals surface area contributed by atoms with Crippen molar-refractivity contribution in [2.75, 3.05) is 23.7 Å². The zero-order valence-corrected chi connectivity index (χ0v) is 24.2. The fourth-order valence-electron chi connectivity index (χ4n) is 5.10. The van der Waals surface area contributed by atoms with Crippen LogP contribution in [0.3, 0.4) is 0 Å². The van der Waals surface area contributed by atoms with Crippen LogP contribution in [0.2, 0.25) is 0 Å². The fourth-order valence-corrected chi connectivity index (χ4v) is 6.19. The lowest BCUT2D eigenvalue weighted by molar-refractivity contribution is -0.118. The Balaban J connectivity index is 1.08. The number of aryl methyl sites for hydroxylation is 2. The molecule has 2 aliphatic heterocycles. The summed E-state index contributed by atoms with van der Waals surface area (Å²) in [5.41, 5.74) is 3.81. The third-order valence-corrected chi connectivity index (χ3v) is 8.29. The van der Waals surface area contributed by atoms with Gasteiger partial charge in [0.1, 0.15) is 10.4 Å². The molecular weight excluding hydrogens is 544 g/mol. The maximum atomic E-state index is 13.3. The number of hydrogen-bond acceptors (Lipinski definition) is 8. The van der Waals surface area contributed by atoms with Crippen LogP contribution < -0.4 is 10.6 Å². The standard InChI is InChI=1S/C28H32N8O4S/c1-16-21(9-18(10-29-16)32-24(37)8-17-13-34(14-17)27(39)40-28(2,3)4)33-25(38)20-12-31-36-15-23(41-26(20)36)19-11-30-35-7-5-6-22(19)35/h9-12,15,17H,5-8,13-14H2,1-4H3,(H,32,37)(H,33,38). The Kier molecular flexibility index (Phi) is 6.76. The molecule has 0 spiro atoms. The van der Waals surface area contributed by atoms with E-state index in [1.165, 1.54) is 17.0 Å². The third-order valence-electron chi connectivity index (χ3n) is 7.14. The predicted octanol–water partition coefficient (Wildman–Crippen LogP) is 4.36. The first-order valence-electron chi connectivity index (χ1n) is 13.6. The molecule has 0 radical (unpaired) electrons. The summed E-state index contributed by atoms with van der Waals surface area (Å²) in [5.74, 6) is -0.430. The molecule has 1 fully saturated rings. The van der Waals surface area contributed by atoms with Crippen molar-refractivity contribution in [1.82, 2.24) is 29.3 Å². The number of thiazole rings is 1. The average molecular weight is 577 g/mol. The first kappa shape index (κ1) is 26.9. The van der Waals surface area contributed by atoms with E-state index in [0.717, 1.165) is 34.7 Å². The molecule has 0 atom stereocenters. The zero-order chi connectivity index (χ0) is 28.9. The number of fused-ring (bicyclic) bond motifs is 2. The van der Waals surface area contributed by atoms with E-state index >= 15 is 0 Å². The molecule has 3 amide bonds. The topological polar surface area (TPSA) is 136 Å². The second kappa shape index (κ2) is 10.3. The number of ether oxygens (including phenoxy) is 1. The molecule has 0 aliphatic carbocycles. The van der Waals surface area contributed by atoms with E-state index in [2.05, 4.69) is 25.8 Å². The van der Waals surface area contributed by atoms with Gasteiger partial charge < -0.3 is 20.3 Å². The second-order valence-electron chi connectivity index (χ2n) is 11.5. The van der Waals surface area contributed by atoms with Crippen molar-refractivity contribution in [2.45, 2.75) is 59.1 Å². The number of carbonyl (C=O) groups excluding carboxylic acids is 3. The summed E-state index contributed by atoms with van der Waals surface area (Å²) in [6.07, 6.45) is 8.93. The van der Waals surface area contributed by atoms with E-state index in [1.807, 2.05) is 37.8 Å². The van der Waals surface area contributed by atoms with Gasteiger partial charge in [0.05, 0.1) is 46.1 Å². The molecule has 2 N–H and O–H groups in total. The molecule has 214 valence electrons. The number of hydrogen-bond donors (Lipinski definition) is 2. The van der Waals surface area contributed by atoms with Crippen molar-refractivity contribution in [3.63, 3.8) is 0 Å².